The van der Waals surface area contributed by atoms with E-state index in [-0.39, 0.29) is 17.4 Å². The molecule has 1 aliphatic carbocycles. The largest absolute Gasteiger partial charge is 0.392 e. The van der Waals surface area contributed by atoms with Gasteiger partial charge in [-0.05, 0) is 19.8 Å². The number of hydrogen-bond donors (Lipinski definition) is 2. The van der Waals surface area contributed by atoms with Gasteiger partial charge in [0.05, 0.1) is 6.10 Å². The Morgan fingerprint density at radius 1 is 1.59 bits per heavy atom. The van der Waals surface area contributed by atoms with E-state index in [1.54, 1.807) is 0 Å². The zero-order valence-electron chi connectivity index (χ0n) is 11.1. The fourth-order valence-electron chi connectivity index (χ4n) is 2.81. The molecule has 0 aromatic carbocycles. The summed E-state index contributed by atoms with van der Waals surface area (Å²) in [5.74, 6) is 0.284. The first-order valence-electron chi connectivity index (χ1n) is 6.63. The van der Waals surface area contributed by atoms with Gasteiger partial charge in [0.25, 0.3) is 0 Å². The van der Waals surface area contributed by atoms with Gasteiger partial charge in [0, 0.05) is 37.0 Å². The quantitative estimate of drug-likeness (QED) is 0.762. The van der Waals surface area contributed by atoms with Gasteiger partial charge in [-0.1, -0.05) is 13.8 Å². The fraction of sp³-hybridized carbons (Fsp3) is 0.923. The predicted octanol–water partition coefficient (Wildman–Crippen LogP) is 0.746. The molecule has 1 saturated heterocycles. The van der Waals surface area contributed by atoms with E-state index in [2.05, 4.69) is 26.1 Å². The van der Waals surface area contributed by atoms with Crippen molar-refractivity contribution in [3.63, 3.8) is 0 Å². The average molecular weight is 240 g/mol. The van der Waals surface area contributed by atoms with Crippen LogP contribution in [0.5, 0.6) is 0 Å². The Bertz CT molecular complexity index is 304. The predicted molar refractivity (Wildman–Crippen MR) is 66.6 cm³/mol. The number of rotatable bonds is 4. The number of aliphatic hydroxyl groups is 1. The minimum absolute atomic E-state index is 0.0384. The van der Waals surface area contributed by atoms with Crippen LogP contribution in [0, 0.1) is 5.41 Å². The number of hydrogen-bond acceptors (Lipinski definition) is 3. The van der Waals surface area contributed by atoms with E-state index in [1.165, 1.54) is 0 Å². The Labute approximate surface area is 103 Å². The van der Waals surface area contributed by atoms with Crippen molar-refractivity contribution in [2.24, 2.45) is 5.41 Å². The number of nitrogens with zero attached hydrogens (tertiary/aromatic N) is 1. The highest BCUT2D eigenvalue weighted by atomic mass is 16.3. The summed E-state index contributed by atoms with van der Waals surface area (Å²) in [6, 6.07) is 0.666. The summed E-state index contributed by atoms with van der Waals surface area (Å²) in [6.07, 6.45) is 2.34. The zero-order valence-corrected chi connectivity index (χ0v) is 11.1. The SMILES string of the molecule is CC(CN1CCCC1=O)NC1CC(O)C1(C)C. The molecule has 1 amide bonds. The Morgan fingerprint density at radius 2 is 2.29 bits per heavy atom. The summed E-state index contributed by atoms with van der Waals surface area (Å²) in [7, 11) is 0. The topological polar surface area (TPSA) is 52.6 Å². The van der Waals surface area contributed by atoms with E-state index < -0.39 is 0 Å². The molecule has 4 nitrogen and oxygen atoms in total. The van der Waals surface area contributed by atoms with Crippen molar-refractivity contribution in [2.75, 3.05) is 13.1 Å². The van der Waals surface area contributed by atoms with Crippen LogP contribution in [-0.4, -0.2) is 47.2 Å². The molecule has 0 aromatic heterocycles. The van der Waals surface area contributed by atoms with Crippen LogP contribution in [0.25, 0.3) is 0 Å². The number of likely N-dealkylation sites (tertiary alicyclic amines) is 1. The third-order valence-corrected chi connectivity index (χ3v) is 4.37. The van der Waals surface area contributed by atoms with Gasteiger partial charge in [-0.2, -0.15) is 0 Å². The molecule has 17 heavy (non-hydrogen) atoms. The van der Waals surface area contributed by atoms with E-state index in [1.807, 2.05) is 4.90 Å². The summed E-state index contributed by atoms with van der Waals surface area (Å²) in [5.41, 5.74) is -0.0384. The lowest BCUT2D eigenvalue weighted by Crippen LogP contribution is -2.62. The molecular formula is C13H24N2O2. The van der Waals surface area contributed by atoms with Crippen LogP contribution in [0.1, 0.15) is 40.0 Å². The van der Waals surface area contributed by atoms with Gasteiger partial charge >= 0.3 is 0 Å². The summed E-state index contributed by atoms with van der Waals surface area (Å²) in [4.78, 5) is 13.5. The normalized spacial score (nSPS) is 33.6. The first-order valence-corrected chi connectivity index (χ1v) is 6.63. The average Bonchev–Trinajstić information content (AvgIpc) is 2.64. The van der Waals surface area contributed by atoms with Crippen LogP contribution in [0.2, 0.25) is 0 Å². The van der Waals surface area contributed by atoms with Crippen LogP contribution in [0.15, 0.2) is 0 Å². The van der Waals surface area contributed by atoms with Crippen molar-refractivity contribution >= 4 is 5.91 Å². The number of carbonyl (C=O) groups is 1. The lowest BCUT2D eigenvalue weighted by Gasteiger charge is -2.50. The lowest BCUT2D eigenvalue weighted by molar-refractivity contribution is -0.128. The van der Waals surface area contributed by atoms with E-state index in [0.29, 0.717) is 18.5 Å². The maximum Gasteiger partial charge on any atom is 0.222 e. The van der Waals surface area contributed by atoms with Crippen molar-refractivity contribution < 1.29 is 9.90 Å². The highest BCUT2D eigenvalue weighted by Gasteiger charge is 2.47. The van der Waals surface area contributed by atoms with Gasteiger partial charge in [0.1, 0.15) is 0 Å². The summed E-state index contributed by atoms with van der Waals surface area (Å²) >= 11 is 0. The van der Waals surface area contributed by atoms with Crippen LogP contribution >= 0.6 is 0 Å². The molecule has 1 aliphatic heterocycles. The lowest BCUT2D eigenvalue weighted by atomic mass is 9.64. The molecule has 98 valence electrons. The minimum Gasteiger partial charge on any atom is -0.392 e. The van der Waals surface area contributed by atoms with E-state index in [4.69, 9.17) is 0 Å². The fourth-order valence-corrected chi connectivity index (χ4v) is 2.81. The summed E-state index contributed by atoms with van der Waals surface area (Å²) in [6.45, 7) is 7.99. The molecule has 2 aliphatic rings. The molecule has 1 saturated carbocycles. The number of carbonyl (C=O) groups excluding carboxylic acids is 1. The zero-order chi connectivity index (χ0) is 12.6. The highest BCUT2D eigenvalue weighted by Crippen LogP contribution is 2.40. The molecule has 2 N–H and O–H groups in total. The molecule has 0 bridgehead atoms. The van der Waals surface area contributed by atoms with Gasteiger partial charge in [-0.15, -0.1) is 0 Å². The highest BCUT2D eigenvalue weighted by molar-refractivity contribution is 5.78. The van der Waals surface area contributed by atoms with Crippen molar-refractivity contribution in [3.8, 4) is 0 Å². The van der Waals surface area contributed by atoms with E-state index >= 15 is 0 Å². The molecule has 3 atom stereocenters. The van der Waals surface area contributed by atoms with E-state index in [9.17, 15) is 9.90 Å². The standard InChI is InChI=1S/C13H24N2O2/c1-9(8-15-6-4-5-12(15)17)14-10-7-11(16)13(10,2)3/h9-11,14,16H,4-8H2,1-3H3. The molecule has 3 unspecified atom stereocenters. The maximum absolute atomic E-state index is 11.5. The van der Waals surface area contributed by atoms with Crippen molar-refractivity contribution in [2.45, 2.75) is 58.2 Å². The molecule has 0 spiro atoms. The molecular weight excluding hydrogens is 216 g/mol. The molecule has 2 fully saturated rings. The van der Waals surface area contributed by atoms with Gasteiger partial charge < -0.3 is 15.3 Å². The second-order valence-corrected chi connectivity index (χ2v) is 6.14. The summed E-state index contributed by atoms with van der Waals surface area (Å²) < 4.78 is 0. The first-order chi connectivity index (χ1) is 7.91. The molecule has 0 radical (unpaired) electrons. The number of amides is 1. The first kappa shape index (κ1) is 12.8. The summed E-state index contributed by atoms with van der Waals surface area (Å²) in [5, 5.41) is 13.2. The number of nitrogens with one attached hydrogen (secondary N) is 1. The monoisotopic (exact) mass is 240 g/mol. The van der Waals surface area contributed by atoms with Crippen LogP contribution < -0.4 is 5.32 Å². The second kappa shape index (κ2) is 4.58. The Kier molecular flexibility index (Phi) is 3.46. The van der Waals surface area contributed by atoms with Gasteiger partial charge in [-0.3, -0.25) is 4.79 Å². The third-order valence-electron chi connectivity index (χ3n) is 4.37. The van der Waals surface area contributed by atoms with Gasteiger partial charge in [0.15, 0.2) is 0 Å². The van der Waals surface area contributed by atoms with Crippen molar-refractivity contribution in [1.29, 1.82) is 0 Å². The van der Waals surface area contributed by atoms with Crippen LogP contribution in [0.4, 0.5) is 0 Å². The Hall–Kier alpha value is -0.610. The Balaban J connectivity index is 1.78. The van der Waals surface area contributed by atoms with Crippen molar-refractivity contribution in [3.05, 3.63) is 0 Å². The number of aliphatic hydroxyl groups excluding tert-OH is 1. The maximum atomic E-state index is 11.5. The van der Waals surface area contributed by atoms with Crippen molar-refractivity contribution in [1.82, 2.24) is 10.2 Å². The van der Waals surface area contributed by atoms with E-state index in [0.717, 1.165) is 25.9 Å². The van der Waals surface area contributed by atoms with Crippen LogP contribution in [-0.2, 0) is 4.79 Å². The van der Waals surface area contributed by atoms with Crippen LogP contribution in [0.3, 0.4) is 0 Å². The molecule has 1 heterocycles. The molecule has 2 rings (SSSR count). The van der Waals surface area contributed by atoms with Gasteiger partial charge in [-0.25, -0.2) is 0 Å². The smallest absolute Gasteiger partial charge is 0.222 e. The second-order valence-electron chi connectivity index (χ2n) is 6.14. The Morgan fingerprint density at radius 3 is 2.76 bits per heavy atom. The van der Waals surface area contributed by atoms with Gasteiger partial charge in [0.2, 0.25) is 5.91 Å². The third kappa shape index (κ3) is 2.47. The minimum atomic E-state index is -0.194. The molecule has 4 heteroatoms. The molecule has 0 aromatic rings.